The van der Waals surface area contributed by atoms with Gasteiger partial charge in [-0.1, -0.05) is 19.8 Å². The molecule has 5 heterocycles. The van der Waals surface area contributed by atoms with E-state index < -0.39 is 22.1 Å². The number of alkyl halides is 1. The van der Waals surface area contributed by atoms with Gasteiger partial charge in [0.05, 0.1) is 18.4 Å². The van der Waals surface area contributed by atoms with Crippen LogP contribution in [0.3, 0.4) is 0 Å². The summed E-state index contributed by atoms with van der Waals surface area (Å²) in [6, 6.07) is 6.06. The summed E-state index contributed by atoms with van der Waals surface area (Å²) in [6.45, 7) is 9.33. The van der Waals surface area contributed by atoms with E-state index in [1.807, 2.05) is 16.0 Å². The Morgan fingerprint density at radius 3 is 2.56 bits per heavy atom. The van der Waals surface area contributed by atoms with Crippen molar-refractivity contribution in [3.8, 4) is 11.8 Å². The molecule has 3 atom stereocenters. The first-order valence-electron chi connectivity index (χ1n) is 16.6. The quantitative estimate of drug-likeness (QED) is 0.329. The molecule has 1 aromatic carbocycles. The van der Waals surface area contributed by atoms with Crippen molar-refractivity contribution in [1.82, 2.24) is 19.9 Å². The number of sulfone groups is 1. The molecule has 48 heavy (non-hydrogen) atoms. The average Bonchev–Trinajstić information content (AvgIpc) is 3.52. The number of piperidine rings is 1. The van der Waals surface area contributed by atoms with Crippen molar-refractivity contribution in [2.75, 3.05) is 73.5 Å². The fourth-order valence-electron chi connectivity index (χ4n) is 7.37. The summed E-state index contributed by atoms with van der Waals surface area (Å²) in [5.41, 5.74) is 3.42. The third-order valence-electron chi connectivity index (χ3n) is 9.60. The van der Waals surface area contributed by atoms with Crippen LogP contribution in [0.5, 0.6) is 0 Å². The summed E-state index contributed by atoms with van der Waals surface area (Å²) in [5.74, 6) is 7.42. The van der Waals surface area contributed by atoms with Crippen LogP contribution in [0.15, 0.2) is 30.6 Å². The Hall–Kier alpha value is -4.02. The van der Waals surface area contributed by atoms with Crippen molar-refractivity contribution in [3.63, 3.8) is 0 Å². The third-order valence-corrected chi connectivity index (χ3v) is 10.7. The highest BCUT2D eigenvalue weighted by Gasteiger charge is 2.35. The standard InChI is InChI=1S/C35H44FN7O4S/c1-6-7-33(44)41-12-9-24(19-41)25-14-29(43-17-23(18-43)21-48(5,45)46)27-16-38-32(15-26(27)34(25)22(2)3)39-31-8-11-37-35(40-31)42-13-10-30(47-4)28(36)20-42/h8,11,14-16,22-24,28,30H,9-10,12-13,17-21H2,1-5H3,(H,37,38,39,40)/t24-,28-,30+/m0/s1. The molecule has 0 spiro atoms. The lowest BCUT2D eigenvalue weighted by molar-refractivity contribution is -0.124. The SMILES string of the molecule is CC#CC(=O)N1CC[C@H](c2cc(N3CC(CS(C)(=O)=O)C3)c3cnc(Nc4ccnc(N5CC[C@@H](OC)[C@@H](F)C5)n4)cc3c2C(C)C)C1. The molecular weight excluding hydrogens is 633 g/mol. The molecule has 1 N–H and O–H groups in total. The van der Waals surface area contributed by atoms with Gasteiger partial charge in [-0.25, -0.2) is 22.8 Å². The second-order valence-electron chi connectivity index (χ2n) is 13.5. The number of hydrogen-bond acceptors (Lipinski definition) is 10. The van der Waals surface area contributed by atoms with Crippen LogP contribution in [-0.2, 0) is 19.4 Å². The number of aromatic nitrogens is 3. The first kappa shape index (κ1) is 33.9. The van der Waals surface area contributed by atoms with Crippen LogP contribution >= 0.6 is 0 Å². The lowest BCUT2D eigenvalue weighted by Gasteiger charge is -2.42. The van der Waals surface area contributed by atoms with Gasteiger partial charge in [-0.3, -0.25) is 4.79 Å². The maximum atomic E-state index is 14.6. The number of fused-ring (bicyclic) bond motifs is 1. The van der Waals surface area contributed by atoms with Gasteiger partial charge in [0.15, 0.2) is 0 Å². The lowest BCUT2D eigenvalue weighted by Crippen LogP contribution is -2.49. The molecule has 0 aliphatic carbocycles. The highest BCUT2D eigenvalue weighted by Crippen LogP contribution is 2.43. The van der Waals surface area contributed by atoms with Gasteiger partial charge >= 0.3 is 0 Å². The Bertz CT molecular complexity index is 1850. The van der Waals surface area contributed by atoms with E-state index in [4.69, 9.17) is 14.7 Å². The zero-order valence-corrected chi connectivity index (χ0v) is 29.1. The Morgan fingerprint density at radius 1 is 1.08 bits per heavy atom. The molecule has 0 saturated carbocycles. The largest absolute Gasteiger partial charge is 0.378 e. The topological polar surface area (TPSA) is 121 Å². The van der Waals surface area contributed by atoms with Crippen molar-refractivity contribution in [2.24, 2.45) is 5.92 Å². The summed E-state index contributed by atoms with van der Waals surface area (Å²) >= 11 is 0. The van der Waals surface area contributed by atoms with E-state index in [9.17, 15) is 17.6 Å². The van der Waals surface area contributed by atoms with Gasteiger partial charge in [0.1, 0.15) is 27.6 Å². The van der Waals surface area contributed by atoms with Crippen molar-refractivity contribution in [2.45, 2.75) is 57.7 Å². The highest BCUT2D eigenvalue weighted by atomic mass is 32.2. The lowest BCUT2D eigenvalue weighted by atomic mass is 9.83. The predicted octanol–water partition coefficient (Wildman–Crippen LogP) is 4.28. The number of carbonyl (C=O) groups is 1. The summed E-state index contributed by atoms with van der Waals surface area (Å²) in [4.78, 5) is 32.4. The van der Waals surface area contributed by atoms with Gasteiger partial charge in [-0.15, -0.1) is 0 Å². The molecule has 6 rings (SSSR count). The molecule has 3 saturated heterocycles. The minimum atomic E-state index is -3.08. The smallest absolute Gasteiger partial charge is 0.298 e. The number of halogens is 1. The number of benzene rings is 1. The molecule has 0 unspecified atom stereocenters. The number of rotatable bonds is 9. The Kier molecular flexibility index (Phi) is 9.76. The van der Waals surface area contributed by atoms with Gasteiger partial charge in [-0.05, 0) is 66.3 Å². The van der Waals surface area contributed by atoms with E-state index in [0.717, 1.165) is 22.9 Å². The monoisotopic (exact) mass is 677 g/mol. The summed E-state index contributed by atoms with van der Waals surface area (Å²) in [7, 11) is -1.54. The van der Waals surface area contributed by atoms with Crippen LogP contribution in [-0.4, -0.2) is 105 Å². The fourth-order valence-corrected chi connectivity index (χ4v) is 8.44. The van der Waals surface area contributed by atoms with Gasteiger partial charge in [-0.2, -0.15) is 4.98 Å². The average molecular weight is 678 g/mol. The molecule has 1 amide bonds. The zero-order chi connectivity index (χ0) is 34.2. The van der Waals surface area contributed by atoms with Crippen molar-refractivity contribution >= 4 is 49.8 Å². The molecule has 3 aliphatic heterocycles. The molecule has 256 valence electrons. The van der Waals surface area contributed by atoms with Gasteiger partial charge in [0.25, 0.3) is 5.91 Å². The molecule has 3 aliphatic rings. The van der Waals surface area contributed by atoms with Crippen LogP contribution in [0.1, 0.15) is 56.6 Å². The van der Waals surface area contributed by atoms with Crippen molar-refractivity contribution in [1.29, 1.82) is 0 Å². The molecule has 0 radical (unpaired) electrons. The summed E-state index contributed by atoms with van der Waals surface area (Å²) in [6.07, 6.45) is 4.66. The maximum Gasteiger partial charge on any atom is 0.298 e. The van der Waals surface area contributed by atoms with E-state index >= 15 is 0 Å². The van der Waals surface area contributed by atoms with Crippen LogP contribution in [0.2, 0.25) is 0 Å². The Morgan fingerprint density at radius 2 is 1.88 bits per heavy atom. The number of ether oxygens (including phenoxy) is 1. The molecular formula is C35H44FN7O4S. The number of anilines is 4. The zero-order valence-electron chi connectivity index (χ0n) is 28.2. The molecule has 11 nitrogen and oxygen atoms in total. The van der Waals surface area contributed by atoms with E-state index in [2.05, 4.69) is 53.0 Å². The number of hydrogen-bond donors (Lipinski definition) is 1. The number of methoxy groups -OCH3 is 1. The van der Waals surface area contributed by atoms with Gasteiger partial charge < -0.3 is 24.8 Å². The van der Waals surface area contributed by atoms with E-state index in [1.54, 1.807) is 19.2 Å². The van der Waals surface area contributed by atoms with E-state index in [1.165, 1.54) is 24.5 Å². The van der Waals surface area contributed by atoms with Crippen LogP contribution in [0, 0.1) is 17.8 Å². The molecule has 3 aromatic rings. The van der Waals surface area contributed by atoms with Crippen molar-refractivity contribution in [3.05, 3.63) is 41.7 Å². The number of pyridine rings is 1. The number of carbonyl (C=O) groups excluding carboxylic acids is 1. The van der Waals surface area contributed by atoms with Crippen LogP contribution in [0.4, 0.5) is 27.7 Å². The number of nitrogens with zero attached hydrogens (tertiary/aromatic N) is 6. The molecule has 13 heteroatoms. The second kappa shape index (κ2) is 13.8. The number of likely N-dealkylation sites (tertiary alicyclic amines) is 1. The van der Waals surface area contributed by atoms with Crippen LogP contribution in [0.25, 0.3) is 10.8 Å². The molecule has 2 aromatic heterocycles. The summed E-state index contributed by atoms with van der Waals surface area (Å²) in [5, 5.41) is 5.40. The van der Waals surface area contributed by atoms with Crippen LogP contribution < -0.4 is 15.1 Å². The molecule has 0 bridgehead atoms. The summed E-state index contributed by atoms with van der Waals surface area (Å²) < 4.78 is 43.9. The van der Waals surface area contributed by atoms with Crippen molar-refractivity contribution < 1.29 is 22.3 Å². The third kappa shape index (κ3) is 7.20. The van der Waals surface area contributed by atoms with E-state index in [-0.39, 0.29) is 36.0 Å². The first-order chi connectivity index (χ1) is 22.9. The molecule has 3 fully saturated rings. The normalized spacial score (nSPS) is 21.7. The predicted molar refractivity (Wildman–Crippen MR) is 186 cm³/mol. The Labute approximate surface area is 282 Å². The Balaban J connectivity index is 1.35. The number of amides is 1. The van der Waals surface area contributed by atoms with E-state index in [0.29, 0.717) is 56.7 Å². The van der Waals surface area contributed by atoms with Gasteiger partial charge in [0.2, 0.25) is 5.95 Å². The maximum absolute atomic E-state index is 14.6. The first-order valence-corrected chi connectivity index (χ1v) is 18.6. The number of nitrogens with one attached hydrogen (secondary N) is 1. The second-order valence-corrected chi connectivity index (χ2v) is 15.7. The van der Waals surface area contributed by atoms with Gasteiger partial charge in [0, 0.05) is 81.4 Å². The minimum absolute atomic E-state index is 0.0734. The fraction of sp³-hybridized carbons (Fsp3) is 0.543. The minimum Gasteiger partial charge on any atom is -0.378 e. The highest BCUT2D eigenvalue weighted by molar-refractivity contribution is 7.90.